The summed E-state index contributed by atoms with van der Waals surface area (Å²) in [6.07, 6.45) is -10.7. The normalized spacial score (nSPS) is 11.6. The van der Waals surface area contributed by atoms with Crippen LogP contribution in [0, 0.1) is 0 Å². The Hall–Kier alpha value is -3.64. The SMILES string of the molecule is O=CNN(C(=O)Nc1cc(Cl)cc(Cl)c1)c1cc(C(F)(F)F)cc(C(F)(F)F)c1OCc1ccccc1. The Morgan fingerprint density at radius 1 is 0.919 bits per heavy atom. The number of carbonyl (C=O) groups excluding carboxylic acids is 2. The Balaban J connectivity index is 2.17. The predicted octanol–water partition coefficient (Wildman–Crippen LogP) is 7.31. The number of alkyl halides is 6. The van der Waals surface area contributed by atoms with Crippen molar-refractivity contribution in [1.82, 2.24) is 5.43 Å². The standard InChI is InChI=1S/C23H15Cl2F6N3O3/c24-15-8-16(25)10-17(9-15)33-21(36)34(32-12-35)19-7-14(22(26,27)28)6-18(23(29,30)31)20(19)37-11-13-4-2-1-3-5-13/h1-10,12H,11H2,(H,32,35)(H,33,36). The minimum atomic E-state index is -5.33. The molecule has 0 spiro atoms. The van der Waals surface area contributed by atoms with E-state index >= 15 is 0 Å². The highest BCUT2D eigenvalue weighted by molar-refractivity contribution is 6.35. The van der Waals surface area contributed by atoms with Crippen molar-refractivity contribution < 1.29 is 40.7 Å². The highest BCUT2D eigenvalue weighted by Crippen LogP contribution is 2.46. The van der Waals surface area contributed by atoms with Crippen LogP contribution in [0.25, 0.3) is 0 Å². The molecule has 0 aliphatic heterocycles. The number of anilines is 2. The lowest BCUT2D eigenvalue weighted by Gasteiger charge is -2.27. The molecule has 6 nitrogen and oxygen atoms in total. The molecule has 0 bridgehead atoms. The number of urea groups is 1. The monoisotopic (exact) mass is 565 g/mol. The summed E-state index contributed by atoms with van der Waals surface area (Å²) in [5.74, 6) is -1.13. The van der Waals surface area contributed by atoms with Gasteiger partial charge in [0.25, 0.3) is 0 Å². The average molecular weight is 566 g/mol. The van der Waals surface area contributed by atoms with Gasteiger partial charge in [0.05, 0.1) is 5.56 Å². The molecule has 0 radical (unpaired) electrons. The van der Waals surface area contributed by atoms with E-state index in [4.69, 9.17) is 27.9 Å². The molecule has 0 aromatic heterocycles. The smallest absolute Gasteiger partial charge is 0.420 e. The molecule has 3 aromatic carbocycles. The van der Waals surface area contributed by atoms with Gasteiger partial charge < -0.3 is 10.1 Å². The summed E-state index contributed by atoms with van der Waals surface area (Å²) in [7, 11) is 0. The lowest BCUT2D eigenvalue weighted by Crippen LogP contribution is -2.45. The number of benzene rings is 3. The highest BCUT2D eigenvalue weighted by atomic mass is 35.5. The molecule has 3 rings (SSSR count). The van der Waals surface area contributed by atoms with Gasteiger partial charge in [0.2, 0.25) is 6.41 Å². The second-order valence-corrected chi connectivity index (χ2v) is 8.19. The van der Waals surface area contributed by atoms with Crippen molar-refractivity contribution in [2.24, 2.45) is 0 Å². The molecule has 0 aliphatic rings. The van der Waals surface area contributed by atoms with Gasteiger partial charge in [0.15, 0.2) is 5.75 Å². The largest absolute Gasteiger partial charge is 0.486 e. The number of amides is 3. The third-order valence-corrected chi connectivity index (χ3v) is 5.10. The van der Waals surface area contributed by atoms with Gasteiger partial charge in [-0.3, -0.25) is 10.2 Å². The molecule has 0 atom stereocenters. The molecular formula is C23H15Cl2F6N3O3. The third-order valence-electron chi connectivity index (χ3n) is 4.67. The van der Waals surface area contributed by atoms with Crippen LogP contribution in [-0.4, -0.2) is 12.4 Å². The van der Waals surface area contributed by atoms with Crippen LogP contribution in [0.1, 0.15) is 16.7 Å². The molecule has 196 valence electrons. The van der Waals surface area contributed by atoms with Crippen molar-refractivity contribution in [3.63, 3.8) is 0 Å². The fraction of sp³-hybridized carbons (Fsp3) is 0.130. The quantitative estimate of drug-likeness (QED) is 0.179. The molecule has 3 amide bonds. The van der Waals surface area contributed by atoms with Crippen molar-refractivity contribution in [3.8, 4) is 5.75 Å². The van der Waals surface area contributed by atoms with Crippen molar-refractivity contribution in [2.45, 2.75) is 19.0 Å². The Labute approximate surface area is 215 Å². The van der Waals surface area contributed by atoms with E-state index in [9.17, 15) is 35.9 Å². The second-order valence-electron chi connectivity index (χ2n) is 7.31. The van der Waals surface area contributed by atoms with E-state index in [2.05, 4.69) is 5.32 Å². The first kappa shape index (κ1) is 27.9. The lowest BCUT2D eigenvalue weighted by atomic mass is 10.1. The van der Waals surface area contributed by atoms with Crippen LogP contribution < -0.4 is 20.5 Å². The molecule has 37 heavy (non-hydrogen) atoms. The first-order valence-electron chi connectivity index (χ1n) is 10.1. The minimum absolute atomic E-state index is 0.0602. The summed E-state index contributed by atoms with van der Waals surface area (Å²) in [5.41, 5.74) is -2.46. The summed E-state index contributed by atoms with van der Waals surface area (Å²) < 4.78 is 87.7. The molecular weight excluding hydrogens is 551 g/mol. The Kier molecular flexibility index (Phi) is 8.44. The zero-order chi connectivity index (χ0) is 27.4. The average Bonchev–Trinajstić information content (AvgIpc) is 2.79. The Morgan fingerprint density at radius 2 is 1.54 bits per heavy atom. The van der Waals surface area contributed by atoms with E-state index in [0.717, 1.165) is 0 Å². The fourth-order valence-corrected chi connectivity index (χ4v) is 3.66. The van der Waals surface area contributed by atoms with Gasteiger partial charge in [-0.1, -0.05) is 53.5 Å². The zero-order valence-electron chi connectivity index (χ0n) is 18.3. The highest BCUT2D eigenvalue weighted by Gasteiger charge is 2.42. The number of hydrogen-bond acceptors (Lipinski definition) is 3. The summed E-state index contributed by atoms with van der Waals surface area (Å²) in [5, 5.41) is 2.49. The molecule has 2 N–H and O–H groups in total. The number of nitrogens with zero attached hydrogens (tertiary/aromatic N) is 1. The van der Waals surface area contributed by atoms with Crippen LogP contribution >= 0.6 is 23.2 Å². The maximum absolute atomic E-state index is 13.9. The fourth-order valence-electron chi connectivity index (χ4n) is 3.13. The molecule has 3 aromatic rings. The number of rotatable bonds is 7. The van der Waals surface area contributed by atoms with Crippen LogP contribution in [0.4, 0.5) is 42.5 Å². The maximum Gasteiger partial charge on any atom is 0.420 e. The zero-order valence-corrected chi connectivity index (χ0v) is 19.8. The van der Waals surface area contributed by atoms with Crippen LogP contribution in [0.2, 0.25) is 10.0 Å². The number of hydrogen-bond donors (Lipinski definition) is 2. The van der Waals surface area contributed by atoms with Gasteiger partial charge >= 0.3 is 18.4 Å². The van der Waals surface area contributed by atoms with Crippen LogP contribution in [0.15, 0.2) is 60.7 Å². The van der Waals surface area contributed by atoms with Crippen molar-refractivity contribution in [2.75, 3.05) is 10.3 Å². The molecule has 0 unspecified atom stereocenters. The van der Waals surface area contributed by atoms with Crippen LogP contribution in [0.5, 0.6) is 5.75 Å². The molecule has 14 heteroatoms. The Bertz CT molecular complexity index is 1270. The summed E-state index contributed by atoms with van der Waals surface area (Å²) in [6, 6.07) is 10.3. The van der Waals surface area contributed by atoms with E-state index in [0.29, 0.717) is 5.56 Å². The summed E-state index contributed by atoms with van der Waals surface area (Å²) >= 11 is 11.7. The van der Waals surface area contributed by atoms with Crippen molar-refractivity contribution >= 4 is 47.0 Å². The molecule has 0 saturated heterocycles. The maximum atomic E-state index is 13.9. The minimum Gasteiger partial charge on any atom is -0.486 e. The Morgan fingerprint density at radius 3 is 2.08 bits per heavy atom. The number of hydrazine groups is 1. The summed E-state index contributed by atoms with van der Waals surface area (Å²) in [4.78, 5) is 24.2. The van der Waals surface area contributed by atoms with Gasteiger partial charge in [-0.15, -0.1) is 0 Å². The van der Waals surface area contributed by atoms with E-state index in [1.54, 1.807) is 23.6 Å². The van der Waals surface area contributed by atoms with Crippen molar-refractivity contribution in [1.29, 1.82) is 0 Å². The second kappa shape index (κ2) is 11.2. The predicted molar refractivity (Wildman–Crippen MR) is 124 cm³/mol. The number of halogens is 8. The van der Waals surface area contributed by atoms with E-state index in [1.807, 2.05) is 0 Å². The number of nitrogens with one attached hydrogen (secondary N) is 2. The van der Waals surface area contributed by atoms with Crippen LogP contribution in [0.3, 0.4) is 0 Å². The lowest BCUT2D eigenvalue weighted by molar-refractivity contribution is -0.143. The van der Waals surface area contributed by atoms with Crippen molar-refractivity contribution in [3.05, 3.63) is 87.4 Å². The van der Waals surface area contributed by atoms with Gasteiger partial charge in [0.1, 0.15) is 17.9 Å². The van der Waals surface area contributed by atoms with Gasteiger partial charge in [-0.05, 0) is 35.9 Å². The number of carbonyl (C=O) groups is 2. The topological polar surface area (TPSA) is 70.7 Å². The van der Waals surface area contributed by atoms with E-state index in [1.165, 1.54) is 30.3 Å². The van der Waals surface area contributed by atoms with Gasteiger partial charge in [-0.2, -0.15) is 31.4 Å². The first-order valence-corrected chi connectivity index (χ1v) is 10.8. The third kappa shape index (κ3) is 7.20. The van der Waals surface area contributed by atoms with Gasteiger partial charge in [0, 0.05) is 15.7 Å². The summed E-state index contributed by atoms with van der Waals surface area (Å²) in [6.45, 7) is -0.497. The molecule has 0 fully saturated rings. The van der Waals surface area contributed by atoms with Gasteiger partial charge in [-0.25, -0.2) is 4.79 Å². The van der Waals surface area contributed by atoms with E-state index in [-0.39, 0.29) is 39.3 Å². The molecule has 0 heterocycles. The molecule has 0 saturated carbocycles. The van der Waals surface area contributed by atoms with Crippen LogP contribution in [-0.2, 0) is 23.8 Å². The first-order chi connectivity index (χ1) is 17.3. The molecule has 0 aliphatic carbocycles. The van der Waals surface area contributed by atoms with E-state index < -0.39 is 47.6 Å². The number of ether oxygens (including phenoxy) is 1.